The van der Waals surface area contributed by atoms with E-state index >= 15 is 0 Å². The summed E-state index contributed by atoms with van der Waals surface area (Å²) in [4.78, 5) is 36.3. The number of esters is 1. The van der Waals surface area contributed by atoms with Crippen LogP contribution in [-0.2, 0) is 16.1 Å². The number of ether oxygens (including phenoxy) is 1. The minimum Gasteiger partial charge on any atom is -0.468 e. The minimum absolute atomic E-state index is 0.0680. The number of nitrogens with zero attached hydrogens (tertiary/aromatic N) is 3. The Balaban J connectivity index is 2.13. The summed E-state index contributed by atoms with van der Waals surface area (Å²) in [6, 6.07) is 8.86. The molecule has 1 amide bonds. The standard InChI is InChI=1S/C18H20N4O4/c1-11(2)10-21-13-6-4-5-7-14(13)22-15(18(21)25)8-12(20-22)17(24)19-9-16(23)26-3/h4-8,11H,9-10H2,1-3H3,(H,19,24). The summed E-state index contributed by atoms with van der Waals surface area (Å²) in [6.07, 6.45) is 0. The van der Waals surface area contributed by atoms with Gasteiger partial charge in [-0.05, 0) is 18.1 Å². The summed E-state index contributed by atoms with van der Waals surface area (Å²) in [6.45, 7) is 4.37. The summed E-state index contributed by atoms with van der Waals surface area (Å²) in [7, 11) is 1.24. The summed E-state index contributed by atoms with van der Waals surface area (Å²) < 4.78 is 7.67. The summed E-state index contributed by atoms with van der Waals surface area (Å²) in [5.41, 5.74) is 1.65. The normalized spacial score (nSPS) is 11.2. The molecule has 136 valence electrons. The molecule has 0 saturated carbocycles. The SMILES string of the molecule is COC(=O)CNC(=O)c1cc2c(=O)n(CC(C)C)c3ccccc3n2n1. The second-order valence-electron chi connectivity index (χ2n) is 6.38. The van der Waals surface area contributed by atoms with E-state index in [1.807, 2.05) is 38.1 Å². The van der Waals surface area contributed by atoms with Gasteiger partial charge in [-0.15, -0.1) is 0 Å². The third-order valence-electron chi connectivity index (χ3n) is 3.98. The number of nitrogens with one attached hydrogen (secondary N) is 1. The molecule has 2 aromatic heterocycles. The summed E-state index contributed by atoms with van der Waals surface area (Å²) in [5.74, 6) is -0.825. The molecule has 3 aromatic rings. The first-order chi connectivity index (χ1) is 12.4. The van der Waals surface area contributed by atoms with Gasteiger partial charge in [-0.2, -0.15) is 5.10 Å². The first kappa shape index (κ1) is 17.7. The lowest BCUT2D eigenvalue weighted by Gasteiger charge is -2.13. The molecule has 0 radical (unpaired) electrons. The van der Waals surface area contributed by atoms with Gasteiger partial charge in [0.15, 0.2) is 5.69 Å². The number of carbonyl (C=O) groups is 2. The smallest absolute Gasteiger partial charge is 0.325 e. The molecule has 0 atom stereocenters. The van der Waals surface area contributed by atoms with E-state index in [9.17, 15) is 14.4 Å². The average molecular weight is 356 g/mol. The number of fused-ring (bicyclic) bond motifs is 3. The number of aromatic nitrogens is 3. The maximum absolute atomic E-state index is 12.9. The maximum atomic E-state index is 12.9. The first-order valence-electron chi connectivity index (χ1n) is 8.28. The number of para-hydroxylation sites is 2. The van der Waals surface area contributed by atoms with Crippen molar-refractivity contribution in [2.24, 2.45) is 5.92 Å². The van der Waals surface area contributed by atoms with Crippen LogP contribution in [-0.4, -0.2) is 39.7 Å². The Morgan fingerprint density at radius 2 is 1.88 bits per heavy atom. The van der Waals surface area contributed by atoms with Crippen LogP contribution in [0.2, 0.25) is 0 Å². The largest absolute Gasteiger partial charge is 0.468 e. The number of hydrogen-bond donors (Lipinski definition) is 1. The van der Waals surface area contributed by atoms with Crippen LogP contribution < -0.4 is 10.9 Å². The molecule has 0 aliphatic heterocycles. The fraction of sp³-hybridized carbons (Fsp3) is 0.333. The Hall–Kier alpha value is -3.16. The van der Waals surface area contributed by atoms with E-state index in [0.29, 0.717) is 12.1 Å². The van der Waals surface area contributed by atoms with Crippen molar-refractivity contribution in [2.75, 3.05) is 13.7 Å². The van der Waals surface area contributed by atoms with Crippen molar-refractivity contribution >= 4 is 28.4 Å². The first-order valence-corrected chi connectivity index (χ1v) is 8.28. The second kappa shape index (κ2) is 6.99. The van der Waals surface area contributed by atoms with E-state index in [4.69, 9.17) is 0 Å². The van der Waals surface area contributed by atoms with Crippen LogP contribution in [0.15, 0.2) is 35.1 Å². The Bertz CT molecular complexity index is 1050. The van der Waals surface area contributed by atoms with E-state index in [-0.39, 0.29) is 23.7 Å². The van der Waals surface area contributed by atoms with Gasteiger partial charge in [0.05, 0.1) is 18.1 Å². The molecule has 1 aromatic carbocycles. The van der Waals surface area contributed by atoms with Crippen molar-refractivity contribution in [3.63, 3.8) is 0 Å². The molecule has 3 rings (SSSR count). The van der Waals surface area contributed by atoms with Crippen LogP contribution in [0.3, 0.4) is 0 Å². The van der Waals surface area contributed by atoms with E-state index in [2.05, 4.69) is 15.2 Å². The number of carbonyl (C=O) groups excluding carboxylic acids is 2. The van der Waals surface area contributed by atoms with E-state index < -0.39 is 11.9 Å². The Labute approximate surface area is 149 Å². The maximum Gasteiger partial charge on any atom is 0.325 e. The molecule has 0 spiro atoms. The van der Waals surface area contributed by atoms with Crippen molar-refractivity contribution < 1.29 is 14.3 Å². The highest BCUT2D eigenvalue weighted by Gasteiger charge is 2.18. The molecule has 26 heavy (non-hydrogen) atoms. The van der Waals surface area contributed by atoms with E-state index in [1.165, 1.54) is 17.7 Å². The quantitative estimate of drug-likeness (QED) is 0.694. The highest BCUT2D eigenvalue weighted by atomic mass is 16.5. The van der Waals surface area contributed by atoms with Crippen molar-refractivity contribution in [1.29, 1.82) is 0 Å². The molecule has 0 fully saturated rings. The lowest BCUT2D eigenvalue weighted by Crippen LogP contribution is -2.30. The van der Waals surface area contributed by atoms with Gasteiger partial charge < -0.3 is 14.6 Å². The van der Waals surface area contributed by atoms with Crippen LogP contribution in [0.1, 0.15) is 24.3 Å². The number of benzene rings is 1. The Kier molecular flexibility index (Phi) is 4.75. The van der Waals surface area contributed by atoms with Gasteiger partial charge in [-0.25, -0.2) is 4.52 Å². The molecule has 8 heteroatoms. The molecule has 0 aliphatic rings. The topological polar surface area (TPSA) is 94.7 Å². The fourth-order valence-corrected chi connectivity index (χ4v) is 2.81. The highest BCUT2D eigenvalue weighted by molar-refractivity contribution is 5.95. The molecular weight excluding hydrogens is 336 g/mol. The van der Waals surface area contributed by atoms with E-state index in [0.717, 1.165) is 11.0 Å². The van der Waals surface area contributed by atoms with Gasteiger partial charge in [-0.3, -0.25) is 14.4 Å². The molecule has 2 heterocycles. The zero-order valence-corrected chi connectivity index (χ0v) is 14.9. The lowest BCUT2D eigenvalue weighted by atomic mass is 10.2. The average Bonchev–Trinajstić information content (AvgIpc) is 3.08. The molecule has 0 saturated heterocycles. The van der Waals surface area contributed by atoms with Crippen molar-refractivity contribution in [3.05, 3.63) is 46.4 Å². The second-order valence-corrected chi connectivity index (χ2v) is 6.38. The van der Waals surface area contributed by atoms with Gasteiger partial charge in [-0.1, -0.05) is 26.0 Å². The van der Waals surface area contributed by atoms with Crippen molar-refractivity contribution in [3.8, 4) is 0 Å². The molecular formula is C18H20N4O4. The van der Waals surface area contributed by atoms with Crippen molar-refractivity contribution in [1.82, 2.24) is 19.5 Å². The molecule has 8 nitrogen and oxygen atoms in total. The van der Waals surface area contributed by atoms with Gasteiger partial charge in [0.25, 0.3) is 11.5 Å². The minimum atomic E-state index is -0.563. The van der Waals surface area contributed by atoms with Crippen LogP contribution in [0.4, 0.5) is 0 Å². The molecule has 0 unspecified atom stereocenters. The Morgan fingerprint density at radius 1 is 1.19 bits per heavy atom. The molecule has 0 bridgehead atoms. The van der Waals surface area contributed by atoms with Crippen LogP contribution >= 0.6 is 0 Å². The predicted molar refractivity (Wildman–Crippen MR) is 96.1 cm³/mol. The predicted octanol–water partition coefficient (Wildman–Crippen LogP) is 1.21. The molecule has 0 aliphatic carbocycles. The summed E-state index contributed by atoms with van der Waals surface area (Å²) >= 11 is 0. The highest BCUT2D eigenvalue weighted by Crippen LogP contribution is 2.16. The lowest BCUT2D eigenvalue weighted by molar-refractivity contribution is -0.139. The fourth-order valence-electron chi connectivity index (χ4n) is 2.81. The van der Waals surface area contributed by atoms with Crippen LogP contribution in [0, 0.1) is 5.92 Å². The van der Waals surface area contributed by atoms with Crippen LogP contribution in [0.25, 0.3) is 16.6 Å². The van der Waals surface area contributed by atoms with Crippen molar-refractivity contribution in [2.45, 2.75) is 20.4 Å². The number of methoxy groups -OCH3 is 1. The molecule has 1 N–H and O–H groups in total. The van der Waals surface area contributed by atoms with Gasteiger partial charge >= 0.3 is 5.97 Å². The zero-order chi connectivity index (χ0) is 18.8. The monoisotopic (exact) mass is 356 g/mol. The third kappa shape index (κ3) is 3.17. The van der Waals surface area contributed by atoms with Gasteiger partial charge in [0.2, 0.25) is 0 Å². The van der Waals surface area contributed by atoms with E-state index in [1.54, 1.807) is 4.57 Å². The third-order valence-corrected chi connectivity index (χ3v) is 3.98. The van der Waals surface area contributed by atoms with Crippen LogP contribution in [0.5, 0.6) is 0 Å². The van der Waals surface area contributed by atoms with Gasteiger partial charge in [0.1, 0.15) is 12.1 Å². The number of hydrogen-bond acceptors (Lipinski definition) is 5. The van der Waals surface area contributed by atoms with Gasteiger partial charge in [0, 0.05) is 12.6 Å². The number of amides is 1. The zero-order valence-electron chi connectivity index (χ0n) is 14.9. The summed E-state index contributed by atoms with van der Waals surface area (Å²) in [5, 5.41) is 6.69. The Morgan fingerprint density at radius 3 is 2.54 bits per heavy atom. The number of rotatable bonds is 5.